The van der Waals surface area contributed by atoms with Crippen LogP contribution in [-0.4, -0.2) is 51.9 Å². The summed E-state index contributed by atoms with van der Waals surface area (Å²) in [6.07, 6.45) is 4.27. The van der Waals surface area contributed by atoms with Crippen LogP contribution < -0.4 is 4.90 Å². The molecule has 120 valence electrons. The number of H-pyrrole nitrogens is 1. The number of fused-ring (bicyclic) bond motifs is 1. The maximum atomic E-state index is 12.0. The lowest BCUT2D eigenvalue weighted by Gasteiger charge is -2.42. The van der Waals surface area contributed by atoms with E-state index in [1.165, 1.54) is 0 Å². The van der Waals surface area contributed by atoms with Crippen LogP contribution >= 0.6 is 0 Å². The third-order valence-corrected chi connectivity index (χ3v) is 4.67. The quantitative estimate of drug-likeness (QED) is 0.928. The summed E-state index contributed by atoms with van der Waals surface area (Å²) in [7, 11) is 2.01. The highest BCUT2D eigenvalue weighted by Crippen LogP contribution is 2.28. The van der Waals surface area contributed by atoms with E-state index in [1.807, 2.05) is 25.4 Å². The highest BCUT2D eigenvalue weighted by atomic mass is 16.2. The van der Waals surface area contributed by atoms with Crippen molar-refractivity contribution in [3.8, 4) is 6.07 Å². The third-order valence-electron chi connectivity index (χ3n) is 4.67. The number of hydrogen-bond donors (Lipinski definition) is 1. The Morgan fingerprint density at radius 1 is 1.57 bits per heavy atom. The number of likely N-dealkylation sites (tertiary alicyclic amines) is 1. The van der Waals surface area contributed by atoms with E-state index >= 15 is 0 Å². The van der Waals surface area contributed by atoms with Gasteiger partial charge in [0.1, 0.15) is 24.2 Å². The number of nitrogens with zero attached hydrogens (tertiary/aromatic N) is 5. The molecule has 7 nitrogen and oxygen atoms in total. The molecular weight excluding hydrogens is 292 g/mol. The number of rotatable bonds is 3. The van der Waals surface area contributed by atoms with Crippen LogP contribution in [0.25, 0.3) is 11.0 Å². The molecule has 1 unspecified atom stereocenters. The summed E-state index contributed by atoms with van der Waals surface area (Å²) >= 11 is 0. The number of likely N-dealkylation sites (N-methyl/N-ethyl adjacent to an activating group) is 1. The van der Waals surface area contributed by atoms with Gasteiger partial charge in [-0.05, 0) is 18.4 Å². The number of aromatic amines is 1. The van der Waals surface area contributed by atoms with Gasteiger partial charge in [0.2, 0.25) is 5.91 Å². The second kappa shape index (κ2) is 6.24. The number of carbonyl (C=O) groups excluding carboxylic acids is 1. The highest BCUT2D eigenvalue weighted by molar-refractivity contribution is 5.87. The smallest absolute Gasteiger partial charge is 0.236 e. The predicted molar refractivity (Wildman–Crippen MR) is 86.7 cm³/mol. The van der Waals surface area contributed by atoms with Crippen molar-refractivity contribution in [2.45, 2.75) is 25.8 Å². The van der Waals surface area contributed by atoms with Crippen molar-refractivity contribution >= 4 is 22.8 Å². The highest BCUT2D eigenvalue weighted by Gasteiger charge is 2.32. The Hall–Kier alpha value is -2.62. The minimum atomic E-state index is -0.0905. The number of amides is 1. The van der Waals surface area contributed by atoms with Gasteiger partial charge in [-0.2, -0.15) is 5.26 Å². The zero-order chi connectivity index (χ0) is 16.4. The molecule has 1 saturated heterocycles. The topological polar surface area (TPSA) is 88.9 Å². The molecule has 1 aliphatic heterocycles. The molecule has 0 aliphatic carbocycles. The fourth-order valence-electron chi connectivity index (χ4n) is 3.26. The molecule has 1 fully saturated rings. The van der Waals surface area contributed by atoms with Crippen LogP contribution in [-0.2, 0) is 4.79 Å². The summed E-state index contributed by atoms with van der Waals surface area (Å²) in [6, 6.07) is 4.07. The number of aromatic nitrogens is 3. The minimum absolute atomic E-state index is 0.0552. The van der Waals surface area contributed by atoms with Crippen LogP contribution in [0, 0.1) is 17.2 Å². The van der Waals surface area contributed by atoms with Crippen molar-refractivity contribution in [3.63, 3.8) is 0 Å². The number of carbonyl (C=O) groups is 1. The van der Waals surface area contributed by atoms with E-state index in [1.54, 1.807) is 11.2 Å². The van der Waals surface area contributed by atoms with Gasteiger partial charge in [-0.25, -0.2) is 9.97 Å². The molecule has 0 spiro atoms. The van der Waals surface area contributed by atoms with E-state index in [2.05, 4.69) is 26.8 Å². The average molecular weight is 312 g/mol. The first-order valence-electron chi connectivity index (χ1n) is 7.77. The molecular formula is C16H20N6O. The summed E-state index contributed by atoms with van der Waals surface area (Å²) in [5.41, 5.74) is 0.808. The fourth-order valence-corrected chi connectivity index (χ4v) is 3.26. The van der Waals surface area contributed by atoms with E-state index in [-0.39, 0.29) is 18.4 Å². The van der Waals surface area contributed by atoms with Crippen LogP contribution in [0.15, 0.2) is 18.6 Å². The van der Waals surface area contributed by atoms with Gasteiger partial charge in [0, 0.05) is 26.3 Å². The van der Waals surface area contributed by atoms with Crippen molar-refractivity contribution < 1.29 is 4.79 Å². The molecule has 2 aromatic heterocycles. The Morgan fingerprint density at radius 3 is 3.17 bits per heavy atom. The molecule has 2 aromatic rings. The largest absolute Gasteiger partial charge is 0.354 e. The van der Waals surface area contributed by atoms with E-state index in [0.29, 0.717) is 12.5 Å². The normalized spacial score (nSPS) is 21.2. The first-order valence-corrected chi connectivity index (χ1v) is 7.77. The van der Waals surface area contributed by atoms with Crippen molar-refractivity contribution in [2.75, 3.05) is 25.0 Å². The van der Waals surface area contributed by atoms with Crippen molar-refractivity contribution in [3.05, 3.63) is 18.6 Å². The fraction of sp³-hybridized carbons (Fsp3) is 0.500. The van der Waals surface area contributed by atoms with Gasteiger partial charge < -0.3 is 14.8 Å². The summed E-state index contributed by atoms with van der Waals surface area (Å²) in [5.74, 6) is 1.21. The van der Waals surface area contributed by atoms with Crippen LogP contribution in [0.1, 0.15) is 19.8 Å². The number of piperidine rings is 1. The third kappa shape index (κ3) is 2.84. The standard InChI is InChI=1S/C16H20N6O/c1-11-5-8-22(14(23)3-6-17)9-13(11)21(2)16-12-4-7-18-15(12)19-10-20-16/h4,7,10-11,13H,3,5,8-9H2,1-2H3,(H,18,19,20)/t11-,13?/m1/s1. The van der Waals surface area contributed by atoms with Crippen LogP contribution in [0.2, 0.25) is 0 Å². The number of nitriles is 1. The monoisotopic (exact) mass is 312 g/mol. The van der Waals surface area contributed by atoms with Gasteiger partial charge in [0.25, 0.3) is 0 Å². The first-order chi connectivity index (χ1) is 11.1. The van der Waals surface area contributed by atoms with E-state index in [4.69, 9.17) is 5.26 Å². The second-order valence-electron chi connectivity index (χ2n) is 6.06. The molecule has 0 radical (unpaired) electrons. The molecule has 1 N–H and O–H groups in total. The Balaban J connectivity index is 1.85. The zero-order valence-electron chi connectivity index (χ0n) is 13.4. The van der Waals surface area contributed by atoms with Gasteiger partial charge >= 0.3 is 0 Å². The lowest BCUT2D eigenvalue weighted by molar-refractivity contribution is -0.131. The number of anilines is 1. The number of hydrogen-bond acceptors (Lipinski definition) is 5. The summed E-state index contributed by atoms with van der Waals surface area (Å²) < 4.78 is 0. The molecule has 1 amide bonds. The SMILES string of the molecule is C[C@@H]1CCN(C(=O)CC#N)CC1N(C)c1ncnc2[nH]ccc12. The molecule has 7 heteroatoms. The predicted octanol–water partition coefficient (Wildman–Crippen LogP) is 1.54. The van der Waals surface area contributed by atoms with Crippen LogP contribution in [0.5, 0.6) is 0 Å². The van der Waals surface area contributed by atoms with E-state index in [0.717, 1.165) is 29.8 Å². The van der Waals surface area contributed by atoms with Crippen molar-refractivity contribution in [2.24, 2.45) is 5.92 Å². The molecule has 3 rings (SSSR count). The van der Waals surface area contributed by atoms with Crippen LogP contribution in [0.3, 0.4) is 0 Å². The molecule has 1 aliphatic rings. The second-order valence-corrected chi connectivity index (χ2v) is 6.06. The Kier molecular flexibility index (Phi) is 4.15. The van der Waals surface area contributed by atoms with Gasteiger partial charge in [-0.3, -0.25) is 4.79 Å². The molecule has 3 heterocycles. The first kappa shape index (κ1) is 15.3. The van der Waals surface area contributed by atoms with Gasteiger partial charge in [-0.15, -0.1) is 0 Å². The molecule has 0 saturated carbocycles. The number of nitrogens with one attached hydrogen (secondary N) is 1. The molecule has 23 heavy (non-hydrogen) atoms. The molecule has 0 bridgehead atoms. The van der Waals surface area contributed by atoms with Crippen LogP contribution in [0.4, 0.5) is 5.82 Å². The zero-order valence-corrected chi connectivity index (χ0v) is 13.4. The lowest BCUT2D eigenvalue weighted by atomic mass is 9.92. The summed E-state index contributed by atoms with van der Waals surface area (Å²) in [4.78, 5) is 27.7. The Morgan fingerprint density at radius 2 is 2.39 bits per heavy atom. The molecule has 2 atom stereocenters. The van der Waals surface area contributed by atoms with Gasteiger partial charge in [-0.1, -0.05) is 6.92 Å². The Bertz CT molecular complexity index is 748. The van der Waals surface area contributed by atoms with Crippen molar-refractivity contribution in [1.29, 1.82) is 5.26 Å². The van der Waals surface area contributed by atoms with Gasteiger partial charge in [0.15, 0.2) is 0 Å². The summed E-state index contributed by atoms with van der Waals surface area (Å²) in [5, 5.41) is 9.71. The summed E-state index contributed by atoms with van der Waals surface area (Å²) in [6.45, 7) is 3.53. The van der Waals surface area contributed by atoms with E-state index < -0.39 is 0 Å². The maximum Gasteiger partial charge on any atom is 0.236 e. The minimum Gasteiger partial charge on any atom is -0.354 e. The average Bonchev–Trinajstić information content (AvgIpc) is 3.03. The van der Waals surface area contributed by atoms with Crippen molar-refractivity contribution in [1.82, 2.24) is 19.9 Å². The molecule has 0 aromatic carbocycles. The van der Waals surface area contributed by atoms with Gasteiger partial charge in [0.05, 0.1) is 17.5 Å². The maximum absolute atomic E-state index is 12.0. The Labute approximate surface area is 134 Å². The lowest BCUT2D eigenvalue weighted by Crippen LogP contribution is -2.52. The van der Waals surface area contributed by atoms with E-state index in [9.17, 15) is 4.79 Å².